The topological polar surface area (TPSA) is 86.5 Å². The van der Waals surface area contributed by atoms with Crippen LogP contribution in [-0.4, -0.2) is 16.2 Å². The summed E-state index contributed by atoms with van der Waals surface area (Å²) in [6.45, 7) is 0. The minimum absolute atomic E-state index is 0.0139. The molecule has 0 saturated carbocycles. The van der Waals surface area contributed by atoms with E-state index < -0.39 is 12.1 Å². The molecule has 0 amide bonds. The highest BCUT2D eigenvalue weighted by Gasteiger charge is 2.36. The number of carbonyl (C=O) groups excluding carboxylic acids is 1. The van der Waals surface area contributed by atoms with Crippen LogP contribution in [-0.2, 0) is 4.74 Å². The van der Waals surface area contributed by atoms with E-state index in [0.29, 0.717) is 21.8 Å². The molecule has 1 aliphatic rings. The zero-order chi connectivity index (χ0) is 19.8. The predicted molar refractivity (Wildman–Crippen MR) is 103 cm³/mol. The number of benzene rings is 2. The molecule has 2 heterocycles. The first kappa shape index (κ1) is 18.3. The van der Waals surface area contributed by atoms with Gasteiger partial charge in [-0.3, -0.25) is 5.21 Å². The maximum absolute atomic E-state index is 12.7. The third-order valence-corrected chi connectivity index (χ3v) is 4.89. The zero-order valence-corrected chi connectivity index (χ0v) is 15.6. The second kappa shape index (κ2) is 7.13. The van der Waals surface area contributed by atoms with Crippen molar-refractivity contribution in [1.82, 2.24) is 4.98 Å². The van der Waals surface area contributed by atoms with E-state index in [4.69, 9.17) is 27.9 Å². The molecular formula is C20H11Cl2N3O3. The van der Waals surface area contributed by atoms with Crippen molar-refractivity contribution in [3.8, 4) is 6.07 Å². The number of pyridine rings is 1. The molecule has 1 aliphatic heterocycles. The number of nitriles is 1. The Morgan fingerprint density at radius 1 is 1.18 bits per heavy atom. The van der Waals surface area contributed by atoms with E-state index in [9.17, 15) is 15.3 Å². The average molecular weight is 412 g/mol. The highest BCUT2D eigenvalue weighted by molar-refractivity contribution is 6.31. The number of rotatable bonds is 2. The van der Waals surface area contributed by atoms with Crippen LogP contribution in [0.25, 0.3) is 0 Å². The molecule has 6 nitrogen and oxygen atoms in total. The Morgan fingerprint density at radius 2 is 1.96 bits per heavy atom. The first-order valence-electron chi connectivity index (χ1n) is 8.14. The van der Waals surface area contributed by atoms with Gasteiger partial charge in [0.05, 0.1) is 16.9 Å². The Bertz CT molecular complexity index is 1140. The van der Waals surface area contributed by atoms with E-state index in [1.54, 1.807) is 42.5 Å². The molecular weight excluding hydrogens is 401 g/mol. The summed E-state index contributed by atoms with van der Waals surface area (Å²) in [5.41, 5.74) is 1.65. The lowest BCUT2D eigenvalue weighted by molar-refractivity contribution is 0.0371. The van der Waals surface area contributed by atoms with Gasteiger partial charge in [-0.25, -0.2) is 14.8 Å². The van der Waals surface area contributed by atoms with Gasteiger partial charge in [0.15, 0.2) is 6.10 Å². The summed E-state index contributed by atoms with van der Waals surface area (Å²) in [4.78, 5) is 16.7. The van der Waals surface area contributed by atoms with Gasteiger partial charge in [0.1, 0.15) is 16.8 Å². The monoisotopic (exact) mass is 411 g/mol. The van der Waals surface area contributed by atoms with E-state index in [0.717, 1.165) is 5.06 Å². The van der Waals surface area contributed by atoms with Crippen molar-refractivity contribution in [2.24, 2.45) is 0 Å². The van der Waals surface area contributed by atoms with Gasteiger partial charge in [-0.1, -0.05) is 47.5 Å². The van der Waals surface area contributed by atoms with E-state index >= 15 is 0 Å². The number of hydrogen-bond donors (Lipinski definition) is 1. The van der Waals surface area contributed by atoms with Crippen LogP contribution >= 0.6 is 23.2 Å². The van der Waals surface area contributed by atoms with Crippen molar-refractivity contribution in [3.05, 3.63) is 87.2 Å². The van der Waals surface area contributed by atoms with Crippen LogP contribution in [0.15, 0.2) is 54.7 Å². The first-order chi connectivity index (χ1) is 13.5. The van der Waals surface area contributed by atoms with Gasteiger partial charge in [0.25, 0.3) is 0 Å². The van der Waals surface area contributed by atoms with Crippen molar-refractivity contribution in [2.75, 3.05) is 5.06 Å². The summed E-state index contributed by atoms with van der Waals surface area (Å²) >= 11 is 12.0. The Labute approximate surface area is 170 Å². The van der Waals surface area contributed by atoms with Crippen molar-refractivity contribution in [3.63, 3.8) is 0 Å². The Kier molecular flexibility index (Phi) is 4.65. The summed E-state index contributed by atoms with van der Waals surface area (Å²) in [6.07, 6.45) is 0.492. The van der Waals surface area contributed by atoms with Gasteiger partial charge in [-0.2, -0.15) is 5.26 Å². The molecule has 0 spiro atoms. The highest BCUT2D eigenvalue weighted by Crippen LogP contribution is 2.47. The molecule has 0 radical (unpaired) electrons. The lowest BCUT2D eigenvalue weighted by Crippen LogP contribution is -2.26. The fraction of sp³-hybridized carbons (Fsp3) is 0.0500. The second-order valence-corrected chi connectivity index (χ2v) is 6.80. The van der Waals surface area contributed by atoms with Gasteiger partial charge in [-0.05, 0) is 24.3 Å². The molecule has 0 aliphatic carbocycles. The summed E-state index contributed by atoms with van der Waals surface area (Å²) in [5, 5.41) is 21.4. The van der Waals surface area contributed by atoms with E-state index in [-0.39, 0.29) is 22.0 Å². The van der Waals surface area contributed by atoms with Gasteiger partial charge in [-0.15, -0.1) is 0 Å². The molecule has 4 rings (SSSR count). The number of carbonyl (C=O) groups is 1. The molecule has 1 aromatic heterocycles. The number of esters is 1. The first-order valence-corrected chi connectivity index (χ1v) is 8.90. The molecule has 1 unspecified atom stereocenters. The molecule has 0 fully saturated rings. The summed E-state index contributed by atoms with van der Waals surface area (Å²) in [6, 6.07) is 15.2. The maximum atomic E-state index is 12.7. The van der Waals surface area contributed by atoms with Crippen molar-refractivity contribution >= 4 is 40.5 Å². The smallest absolute Gasteiger partial charge is 0.339 e. The minimum atomic E-state index is -0.891. The number of ether oxygens (including phenoxy) is 1. The number of hydrogen-bond acceptors (Lipinski definition) is 6. The molecule has 138 valence electrons. The molecule has 2 aromatic carbocycles. The lowest BCUT2D eigenvalue weighted by atomic mass is 9.93. The van der Waals surface area contributed by atoms with Gasteiger partial charge < -0.3 is 4.74 Å². The minimum Gasteiger partial charge on any atom is -0.449 e. The lowest BCUT2D eigenvalue weighted by Gasteiger charge is -2.33. The standard InChI is InChI=1S/C20H11Cl2N3O3/c21-12-5-3-4-11(8-12)20(26)28-18-13-6-1-2-7-16(13)25(27)17-14(9-23)19(22)24-10-15(17)18/h1-8,10,18,27H. The number of nitrogens with zero attached hydrogens (tertiary/aromatic N) is 3. The largest absolute Gasteiger partial charge is 0.449 e. The highest BCUT2D eigenvalue weighted by atomic mass is 35.5. The molecule has 3 aromatic rings. The van der Waals surface area contributed by atoms with Gasteiger partial charge >= 0.3 is 5.97 Å². The number of aromatic nitrogens is 1. The van der Waals surface area contributed by atoms with Crippen molar-refractivity contribution in [1.29, 1.82) is 5.26 Å². The number of anilines is 2. The quantitative estimate of drug-likeness (QED) is 0.469. The van der Waals surface area contributed by atoms with Crippen LogP contribution in [0.4, 0.5) is 11.4 Å². The number of para-hydroxylation sites is 1. The Hall–Kier alpha value is -3.11. The normalized spacial score (nSPS) is 14.6. The van der Waals surface area contributed by atoms with E-state index in [2.05, 4.69) is 4.98 Å². The molecule has 8 heteroatoms. The molecule has 28 heavy (non-hydrogen) atoms. The summed E-state index contributed by atoms with van der Waals surface area (Å²) in [7, 11) is 0. The van der Waals surface area contributed by atoms with E-state index in [1.165, 1.54) is 12.3 Å². The Balaban J connectivity index is 1.85. The van der Waals surface area contributed by atoms with Crippen LogP contribution in [0.1, 0.15) is 33.2 Å². The van der Waals surface area contributed by atoms with Crippen LogP contribution in [0.3, 0.4) is 0 Å². The summed E-state index contributed by atoms with van der Waals surface area (Å²) in [5.74, 6) is -0.604. The molecule has 0 bridgehead atoms. The van der Waals surface area contributed by atoms with Crippen LogP contribution in [0, 0.1) is 11.3 Å². The zero-order valence-electron chi connectivity index (χ0n) is 14.1. The fourth-order valence-electron chi connectivity index (χ4n) is 3.12. The summed E-state index contributed by atoms with van der Waals surface area (Å²) < 4.78 is 5.75. The van der Waals surface area contributed by atoms with Crippen molar-refractivity contribution < 1.29 is 14.7 Å². The van der Waals surface area contributed by atoms with E-state index in [1.807, 2.05) is 6.07 Å². The fourth-order valence-corrected chi connectivity index (χ4v) is 3.49. The molecule has 0 saturated heterocycles. The van der Waals surface area contributed by atoms with Crippen LogP contribution < -0.4 is 5.06 Å². The number of halogens is 2. The average Bonchev–Trinajstić information content (AvgIpc) is 2.71. The SMILES string of the molecule is N#Cc1c(Cl)ncc2c1N(O)c1ccccc1C2OC(=O)c1cccc(Cl)c1. The van der Waals surface area contributed by atoms with Crippen molar-refractivity contribution in [2.45, 2.75) is 6.10 Å². The van der Waals surface area contributed by atoms with Crippen LogP contribution in [0.2, 0.25) is 10.2 Å². The van der Waals surface area contributed by atoms with Crippen LogP contribution in [0.5, 0.6) is 0 Å². The Morgan fingerprint density at radius 3 is 2.71 bits per heavy atom. The van der Waals surface area contributed by atoms with Gasteiger partial charge in [0, 0.05) is 22.3 Å². The predicted octanol–water partition coefficient (Wildman–Crippen LogP) is 5.05. The molecule has 1 N–H and O–H groups in total. The number of fused-ring (bicyclic) bond motifs is 2. The third kappa shape index (κ3) is 2.96. The van der Waals surface area contributed by atoms with Gasteiger partial charge in [0.2, 0.25) is 0 Å². The molecule has 1 atom stereocenters. The maximum Gasteiger partial charge on any atom is 0.339 e. The second-order valence-electron chi connectivity index (χ2n) is 6.01. The third-order valence-electron chi connectivity index (χ3n) is 4.37.